The van der Waals surface area contributed by atoms with Gasteiger partial charge in [-0.25, -0.2) is 15.0 Å². The molecule has 3 aromatic heterocycles. The predicted octanol–water partition coefficient (Wildman–Crippen LogP) is 14.8. The Labute approximate surface area is 350 Å². The van der Waals surface area contributed by atoms with Crippen LogP contribution in [0.25, 0.3) is 115 Å². The number of hydrogen-bond acceptors (Lipinski definition) is 4. The summed E-state index contributed by atoms with van der Waals surface area (Å²) >= 11 is 1.84. The number of fused-ring (bicyclic) bond motifs is 7. The van der Waals surface area contributed by atoms with E-state index in [2.05, 4.69) is 199 Å². The Morgan fingerprint density at radius 1 is 0.317 bits per heavy atom. The van der Waals surface area contributed by atoms with Crippen LogP contribution in [0.4, 0.5) is 0 Å². The van der Waals surface area contributed by atoms with Gasteiger partial charge in [-0.2, -0.15) is 0 Å². The van der Waals surface area contributed by atoms with E-state index < -0.39 is 0 Å². The van der Waals surface area contributed by atoms with E-state index in [1.54, 1.807) is 0 Å². The average molecular weight is 783 g/mol. The molecule has 0 radical (unpaired) electrons. The lowest BCUT2D eigenvalue weighted by Gasteiger charge is -2.14. The lowest BCUT2D eigenvalue weighted by atomic mass is 10.0. The molecule has 0 aliphatic rings. The SMILES string of the molecule is c1ccc(-c2ccc(-c3nc(-c4cccc(-c5ccccc5)c4)nc(-c4cc(-n5c6ccccc6c6cc7ccccc7cc65)c5sc6ccccc6c5c4)n3)cc2)cc1. The van der Waals surface area contributed by atoms with Crippen LogP contribution in [0.2, 0.25) is 0 Å². The number of hydrogen-bond donors (Lipinski definition) is 0. The summed E-state index contributed by atoms with van der Waals surface area (Å²) in [4.78, 5) is 15.8. The standard InChI is InChI=1S/C55H34N4S/c1-3-14-35(15-4-1)37-26-28-38(29-27-37)53-56-54(42-21-13-20-39(30-42)36-16-5-2-6-17-36)58-55(57-53)43-32-47-45-23-10-12-25-51(45)60-52(47)50(34-43)59-48-24-11-9-22-44(48)46-31-40-18-7-8-19-41(40)33-49(46)59/h1-34H. The van der Waals surface area contributed by atoms with E-state index in [4.69, 9.17) is 15.0 Å². The van der Waals surface area contributed by atoms with Gasteiger partial charge in [-0.15, -0.1) is 11.3 Å². The van der Waals surface area contributed by atoms with Gasteiger partial charge in [0, 0.05) is 42.9 Å². The van der Waals surface area contributed by atoms with E-state index in [0.29, 0.717) is 17.5 Å². The molecule has 280 valence electrons. The van der Waals surface area contributed by atoms with Crippen LogP contribution in [-0.2, 0) is 0 Å². The van der Waals surface area contributed by atoms with Gasteiger partial charge < -0.3 is 4.57 Å². The van der Waals surface area contributed by atoms with Gasteiger partial charge in [0.25, 0.3) is 0 Å². The van der Waals surface area contributed by atoms with Crippen molar-refractivity contribution in [2.75, 3.05) is 0 Å². The van der Waals surface area contributed by atoms with E-state index in [1.165, 1.54) is 52.8 Å². The highest BCUT2D eigenvalue weighted by atomic mass is 32.1. The molecule has 0 unspecified atom stereocenters. The largest absolute Gasteiger partial charge is 0.308 e. The molecule has 5 heteroatoms. The molecule has 60 heavy (non-hydrogen) atoms. The predicted molar refractivity (Wildman–Crippen MR) is 252 cm³/mol. The molecular formula is C55H34N4S. The Bertz CT molecular complexity index is 3590. The fourth-order valence-corrected chi connectivity index (χ4v) is 9.88. The van der Waals surface area contributed by atoms with Crippen molar-refractivity contribution >= 4 is 64.1 Å². The van der Waals surface area contributed by atoms with Gasteiger partial charge in [-0.05, 0) is 75.5 Å². The minimum absolute atomic E-state index is 0.622. The van der Waals surface area contributed by atoms with Crippen LogP contribution >= 0.6 is 11.3 Å². The number of nitrogens with zero attached hydrogens (tertiary/aromatic N) is 4. The van der Waals surface area contributed by atoms with E-state index in [9.17, 15) is 0 Å². The van der Waals surface area contributed by atoms with Crippen LogP contribution in [0.1, 0.15) is 0 Å². The minimum atomic E-state index is 0.622. The molecule has 0 spiro atoms. The van der Waals surface area contributed by atoms with Crippen LogP contribution < -0.4 is 0 Å². The van der Waals surface area contributed by atoms with Gasteiger partial charge in [-0.3, -0.25) is 0 Å². The lowest BCUT2D eigenvalue weighted by Crippen LogP contribution is -2.01. The van der Waals surface area contributed by atoms with Crippen molar-refractivity contribution in [2.45, 2.75) is 0 Å². The normalized spacial score (nSPS) is 11.7. The molecule has 0 N–H and O–H groups in total. The summed E-state index contributed by atoms with van der Waals surface area (Å²) in [6, 6.07) is 73.3. The Balaban J connectivity index is 1.12. The van der Waals surface area contributed by atoms with Crippen molar-refractivity contribution in [3.63, 3.8) is 0 Å². The van der Waals surface area contributed by atoms with Crippen molar-refractivity contribution in [2.24, 2.45) is 0 Å². The second kappa shape index (κ2) is 14.0. The highest BCUT2D eigenvalue weighted by Gasteiger charge is 2.21. The smallest absolute Gasteiger partial charge is 0.164 e. The second-order valence-corrected chi connectivity index (χ2v) is 16.3. The van der Waals surface area contributed by atoms with Gasteiger partial charge in [0.15, 0.2) is 17.5 Å². The maximum atomic E-state index is 5.33. The number of thiophene rings is 1. The maximum Gasteiger partial charge on any atom is 0.164 e. The Morgan fingerprint density at radius 3 is 1.63 bits per heavy atom. The van der Waals surface area contributed by atoms with Crippen molar-refractivity contribution in [1.29, 1.82) is 0 Å². The van der Waals surface area contributed by atoms with Gasteiger partial charge in [0.1, 0.15) is 0 Å². The molecule has 0 aliphatic heterocycles. The zero-order valence-corrected chi connectivity index (χ0v) is 33.1. The van der Waals surface area contributed by atoms with E-state index >= 15 is 0 Å². The highest BCUT2D eigenvalue weighted by Crippen LogP contribution is 2.44. The molecule has 0 atom stereocenters. The van der Waals surface area contributed by atoms with Crippen LogP contribution in [-0.4, -0.2) is 19.5 Å². The van der Waals surface area contributed by atoms with Gasteiger partial charge in [0.2, 0.25) is 0 Å². The quantitative estimate of drug-likeness (QED) is 0.169. The van der Waals surface area contributed by atoms with Crippen LogP contribution in [0.15, 0.2) is 206 Å². The summed E-state index contributed by atoms with van der Waals surface area (Å²) in [6.07, 6.45) is 0. The third-order valence-corrected chi connectivity index (χ3v) is 12.8. The molecule has 0 fully saturated rings. The van der Waals surface area contributed by atoms with Crippen molar-refractivity contribution in [3.8, 4) is 62.1 Å². The molecule has 0 aliphatic carbocycles. The average Bonchev–Trinajstić information content (AvgIpc) is 3.86. The molecule has 0 saturated carbocycles. The Hall–Kier alpha value is -7.73. The first-order valence-corrected chi connectivity index (χ1v) is 21.0. The first-order valence-electron chi connectivity index (χ1n) is 20.2. The second-order valence-electron chi connectivity index (χ2n) is 15.2. The Kier molecular flexibility index (Phi) is 8.00. The maximum absolute atomic E-state index is 5.33. The molecular weight excluding hydrogens is 749 g/mol. The molecule has 0 bridgehead atoms. The fraction of sp³-hybridized carbons (Fsp3) is 0. The monoisotopic (exact) mass is 782 g/mol. The van der Waals surface area contributed by atoms with Crippen LogP contribution in [0.3, 0.4) is 0 Å². The van der Waals surface area contributed by atoms with Crippen LogP contribution in [0, 0.1) is 0 Å². The van der Waals surface area contributed by atoms with Gasteiger partial charge >= 0.3 is 0 Å². The summed E-state index contributed by atoms with van der Waals surface area (Å²) in [5, 5.41) is 7.28. The molecule has 12 rings (SSSR count). The van der Waals surface area contributed by atoms with E-state index in [-0.39, 0.29) is 0 Å². The van der Waals surface area contributed by atoms with E-state index in [1.807, 2.05) is 23.5 Å². The molecule has 3 heterocycles. The third kappa shape index (κ3) is 5.78. The van der Waals surface area contributed by atoms with Crippen LogP contribution in [0.5, 0.6) is 0 Å². The molecule has 0 saturated heterocycles. The summed E-state index contributed by atoms with van der Waals surface area (Å²) in [7, 11) is 0. The number of aromatic nitrogens is 4. The summed E-state index contributed by atoms with van der Waals surface area (Å²) < 4.78 is 4.91. The summed E-state index contributed by atoms with van der Waals surface area (Å²) in [5.74, 6) is 1.87. The van der Waals surface area contributed by atoms with Gasteiger partial charge in [-0.1, -0.05) is 164 Å². The number of para-hydroxylation sites is 1. The highest BCUT2D eigenvalue weighted by molar-refractivity contribution is 7.26. The fourth-order valence-electron chi connectivity index (χ4n) is 8.69. The molecule has 9 aromatic carbocycles. The first kappa shape index (κ1) is 34.3. The number of benzene rings is 9. The summed E-state index contributed by atoms with van der Waals surface area (Å²) in [6.45, 7) is 0. The zero-order chi connectivity index (χ0) is 39.6. The summed E-state index contributed by atoms with van der Waals surface area (Å²) in [5.41, 5.74) is 10.8. The lowest BCUT2D eigenvalue weighted by molar-refractivity contribution is 1.07. The molecule has 4 nitrogen and oxygen atoms in total. The Morgan fingerprint density at radius 2 is 0.867 bits per heavy atom. The van der Waals surface area contributed by atoms with Crippen molar-refractivity contribution < 1.29 is 0 Å². The number of rotatable bonds is 6. The third-order valence-electron chi connectivity index (χ3n) is 11.6. The molecule has 0 amide bonds. The van der Waals surface area contributed by atoms with Crippen molar-refractivity contribution in [3.05, 3.63) is 206 Å². The van der Waals surface area contributed by atoms with E-state index in [0.717, 1.165) is 44.6 Å². The topological polar surface area (TPSA) is 43.6 Å². The zero-order valence-electron chi connectivity index (χ0n) is 32.3. The molecule has 12 aromatic rings. The minimum Gasteiger partial charge on any atom is -0.308 e. The first-order chi connectivity index (χ1) is 29.7. The van der Waals surface area contributed by atoms with Gasteiger partial charge in [0.05, 0.1) is 21.4 Å². The van der Waals surface area contributed by atoms with Crippen molar-refractivity contribution in [1.82, 2.24) is 19.5 Å².